The molecule has 2 aliphatic rings. The van der Waals surface area contributed by atoms with Crippen molar-refractivity contribution < 1.29 is 14.3 Å². The standard InChI is InChI=1S/C28H36N4O3/c1-21-6-4-14-30(21)15-5-19-35-24-8-9-26-22(20-24)10-18-32(26)23-11-16-31(17-12-23)28(33)25-7-3-13-29-27(25)34-2/h3,7-10,13,18,20-21,23H,4-6,11-12,14-17,19H2,1-2H3/t21-/m1/s1. The highest BCUT2D eigenvalue weighted by atomic mass is 16.5. The lowest BCUT2D eigenvalue weighted by atomic mass is 10.0. The second-order valence-corrected chi connectivity index (χ2v) is 9.76. The van der Waals surface area contributed by atoms with E-state index < -0.39 is 0 Å². The minimum atomic E-state index is -0.00765. The molecular weight excluding hydrogens is 440 g/mol. The van der Waals surface area contributed by atoms with Gasteiger partial charge >= 0.3 is 0 Å². The molecule has 0 aliphatic carbocycles. The number of carbonyl (C=O) groups is 1. The third-order valence-corrected chi connectivity index (χ3v) is 7.58. The molecule has 0 unspecified atom stereocenters. The Kier molecular flexibility index (Phi) is 7.23. The maximum Gasteiger partial charge on any atom is 0.259 e. The molecule has 186 valence electrons. The van der Waals surface area contributed by atoms with Crippen LogP contribution in [0, 0.1) is 0 Å². The number of hydrogen-bond donors (Lipinski definition) is 0. The van der Waals surface area contributed by atoms with Gasteiger partial charge < -0.3 is 23.8 Å². The first-order valence-electron chi connectivity index (χ1n) is 12.9. The minimum Gasteiger partial charge on any atom is -0.494 e. The van der Waals surface area contributed by atoms with Gasteiger partial charge in [-0.05, 0) is 82.0 Å². The zero-order chi connectivity index (χ0) is 24.2. The van der Waals surface area contributed by atoms with E-state index in [1.165, 1.54) is 30.3 Å². The zero-order valence-corrected chi connectivity index (χ0v) is 20.9. The molecule has 35 heavy (non-hydrogen) atoms. The number of carbonyl (C=O) groups excluding carboxylic acids is 1. The fraction of sp³-hybridized carbons (Fsp3) is 0.500. The third kappa shape index (κ3) is 5.15. The van der Waals surface area contributed by atoms with E-state index in [1.54, 1.807) is 25.4 Å². The Morgan fingerprint density at radius 2 is 1.97 bits per heavy atom. The number of ether oxygens (including phenoxy) is 2. The third-order valence-electron chi connectivity index (χ3n) is 7.58. The molecule has 2 aliphatic heterocycles. The van der Waals surface area contributed by atoms with Gasteiger partial charge in [-0.2, -0.15) is 0 Å². The van der Waals surface area contributed by atoms with Crippen LogP contribution in [0.25, 0.3) is 10.9 Å². The first kappa shape index (κ1) is 23.7. The summed E-state index contributed by atoms with van der Waals surface area (Å²) >= 11 is 0. The molecule has 7 nitrogen and oxygen atoms in total. The van der Waals surface area contributed by atoms with E-state index in [1.807, 2.05) is 4.90 Å². The molecule has 0 radical (unpaired) electrons. The monoisotopic (exact) mass is 476 g/mol. The molecule has 0 spiro atoms. The van der Waals surface area contributed by atoms with Crippen LogP contribution in [0.2, 0.25) is 0 Å². The second-order valence-electron chi connectivity index (χ2n) is 9.76. The predicted molar refractivity (Wildman–Crippen MR) is 137 cm³/mol. The van der Waals surface area contributed by atoms with Gasteiger partial charge in [0.2, 0.25) is 5.88 Å². The highest BCUT2D eigenvalue weighted by Crippen LogP contribution is 2.31. The van der Waals surface area contributed by atoms with E-state index in [4.69, 9.17) is 9.47 Å². The van der Waals surface area contributed by atoms with Gasteiger partial charge in [0.25, 0.3) is 5.91 Å². The molecule has 0 bridgehead atoms. The van der Waals surface area contributed by atoms with Gasteiger partial charge in [0.05, 0.1) is 13.7 Å². The summed E-state index contributed by atoms with van der Waals surface area (Å²) in [6.07, 6.45) is 9.37. The average molecular weight is 477 g/mol. The van der Waals surface area contributed by atoms with Gasteiger partial charge in [0, 0.05) is 55.0 Å². The lowest BCUT2D eigenvalue weighted by Gasteiger charge is -2.33. The van der Waals surface area contributed by atoms with Crippen LogP contribution < -0.4 is 9.47 Å². The predicted octanol–water partition coefficient (Wildman–Crippen LogP) is 4.78. The van der Waals surface area contributed by atoms with Crippen molar-refractivity contribution in [3.05, 3.63) is 54.4 Å². The summed E-state index contributed by atoms with van der Waals surface area (Å²) in [6, 6.07) is 13.2. The molecule has 7 heteroatoms. The zero-order valence-electron chi connectivity index (χ0n) is 20.9. The summed E-state index contributed by atoms with van der Waals surface area (Å²) in [5, 5.41) is 1.20. The van der Waals surface area contributed by atoms with Gasteiger partial charge in [-0.25, -0.2) is 4.98 Å². The normalized spacial score (nSPS) is 19.4. The molecule has 1 amide bonds. The van der Waals surface area contributed by atoms with Gasteiger partial charge in [0.15, 0.2) is 0 Å². The molecule has 4 heterocycles. The Morgan fingerprint density at radius 1 is 1.11 bits per heavy atom. The summed E-state index contributed by atoms with van der Waals surface area (Å²) in [7, 11) is 1.55. The van der Waals surface area contributed by atoms with E-state index in [2.05, 4.69) is 51.8 Å². The van der Waals surface area contributed by atoms with Crippen LogP contribution >= 0.6 is 0 Å². The fourth-order valence-electron chi connectivity index (χ4n) is 5.57. The minimum absolute atomic E-state index is 0.00765. The number of aromatic nitrogens is 2. The number of likely N-dealkylation sites (tertiary alicyclic amines) is 2. The van der Waals surface area contributed by atoms with Crippen LogP contribution in [0.5, 0.6) is 11.6 Å². The van der Waals surface area contributed by atoms with Crippen LogP contribution in [-0.4, -0.2) is 71.2 Å². The Hall–Kier alpha value is -3.06. The number of amides is 1. The summed E-state index contributed by atoms with van der Waals surface area (Å²) in [5.41, 5.74) is 1.75. The van der Waals surface area contributed by atoms with Crippen molar-refractivity contribution in [2.75, 3.05) is 39.9 Å². The number of pyridine rings is 1. The van der Waals surface area contributed by atoms with Crippen molar-refractivity contribution in [3.8, 4) is 11.6 Å². The Balaban J connectivity index is 1.16. The molecular formula is C28H36N4O3. The van der Waals surface area contributed by atoms with Crippen molar-refractivity contribution >= 4 is 16.8 Å². The average Bonchev–Trinajstić information content (AvgIpc) is 3.51. The van der Waals surface area contributed by atoms with Crippen molar-refractivity contribution in [1.82, 2.24) is 19.4 Å². The fourth-order valence-corrected chi connectivity index (χ4v) is 5.57. The summed E-state index contributed by atoms with van der Waals surface area (Å²) < 4.78 is 13.7. The van der Waals surface area contributed by atoms with Crippen molar-refractivity contribution in [1.29, 1.82) is 0 Å². The van der Waals surface area contributed by atoms with Crippen LogP contribution in [0.1, 0.15) is 55.4 Å². The first-order chi connectivity index (χ1) is 17.1. The molecule has 2 saturated heterocycles. The number of benzene rings is 1. The molecule has 0 saturated carbocycles. The van der Waals surface area contributed by atoms with E-state index in [9.17, 15) is 4.79 Å². The Morgan fingerprint density at radius 3 is 2.74 bits per heavy atom. The molecule has 2 aromatic heterocycles. The van der Waals surface area contributed by atoms with Crippen LogP contribution in [0.4, 0.5) is 0 Å². The SMILES string of the molecule is COc1ncccc1C(=O)N1CCC(n2ccc3cc(OCCCN4CCC[C@H]4C)ccc32)CC1. The molecule has 1 atom stereocenters. The van der Waals surface area contributed by atoms with Gasteiger partial charge in [0.1, 0.15) is 11.3 Å². The van der Waals surface area contributed by atoms with E-state index in [-0.39, 0.29) is 5.91 Å². The molecule has 3 aromatic rings. The number of hydrogen-bond acceptors (Lipinski definition) is 5. The number of fused-ring (bicyclic) bond motifs is 1. The smallest absolute Gasteiger partial charge is 0.259 e. The number of rotatable bonds is 8. The lowest BCUT2D eigenvalue weighted by Crippen LogP contribution is -2.39. The van der Waals surface area contributed by atoms with Crippen molar-refractivity contribution in [2.24, 2.45) is 0 Å². The van der Waals surface area contributed by atoms with Gasteiger partial charge in [-0.1, -0.05) is 0 Å². The second kappa shape index (κ2) is 10.7. The van der Waals surface area contributed by atoms with Gasteiger partial charge in [-0.3, -0.25) is 4.79 Å². The van der Waals surface area contributed by atoms with Crippen LogP contribution in [0.15, 0.2) is 48.8 Å². The molecule has 2 fully saturated rings. The highest BCUT2D eigenvalue weighted by molar-refractivity contribution is 5.96. The largest absolute Gasteiger partial charge is 0.494 e. The van der Waals surface area contributed by atoms with E-state index >= 15 is 0 Å². The van der Waals surface area contributed by atoms with Gasteiger partial charge in [-0.15, -0.1) is 0 Å². The van der Waals surface area contributed by atoms with E-state index in [0.717, 1.165) is 51.3 Å². The van der Waals surface area contributed by atoms with Crippen molar-refractivity contribution in [2.45, 2.75) is 51.1 Å². The number of nitrogens with zero attached hydrogens (tertiary/aromatic N) is 4. The maximum absolute atomic E-state index is 13.0. The van der Waals surface area contributed by atoms with E-state index in [0.29, 0.717) is 23.5 Å². The summed E-state index contributed by atoms with van der Waals surface area (Å²) in [4.78, 5) is 21.7. The number of piperidine rings is 1. The summed E-state index contributed by atoms with van der Waals surface area (Å²) in [6.45, 7) is 6.87. The summed E-state index contributed by atoms with van der Waals surface area (Å²) in [5.74, 6) is 1.32. The molecule has 0 N–H and O–H groups in total. The maximum atomic E-state index is 13.0. The molecule has 1 aromatic carbocycles. The van der Waals surface area contributed by atoms with Crippen LogP contribution in [-0.2, 0) is 0 Å². The topological polar surface area (TPSA) is 59.8 Å². The molecule has 5 rings (SSSR count). The highest BCUT2D eigenvalue weighted by Gasteiger charge is 2.27. The lowest BCUT2D eigenvalue weighted by molar-refractivity contribution is 0.0692. The van der Waals surface area contributed by atoms with Crippen LogP contribution in [0.3, 0.4) is 0 Å². The Labute approximate surface area is 207 Å². The Bertz CT molecular complexity index is 1150. The number of methoxy groups -OCH3 is 1. The van der Waals surface area contributed by atoms with Crippen molar-refractivity contribution in [3.63, 3.8) is 0 Å². The quantitative estimate of drug-likeness (QED) is 0.438. The first-order valence-corrected chi connectivity index (χ1v) is 12.9.